The van der Waals surface area contributed by atoms with Gasteiger partial charge in [0.05, 0.1) is 19.1 Å². The third-order valence-corrected chi connectivity index (χ3v) is 3.09. The van der Waals surface area contributed by atoms with E-state index in [9.17, 15) is 5.11 Å². The summed E-state index contributed by atoms with van der Waals surface area (Å²) in [5.74, 6) is 0. The Hall–Kier alpha value is -0.590. The molecule has 0 amide bonds. The Bertz CT molecular complexity index is 200. The molecule has 1 aliphatic heterocycles. The largest absolute Gasteiger partial charge is 0.395 e. The Balaban J connectivity index is 2.56. The van der Waals surface area contributed by atoms with Crippen LogP contribution in [0, 0.1) is 11.3 Å². The summed E-state index contributed by atoms with van der Waals surface area (Å²) in [7, 11) is 0. The monoisotopic (exact) mass is 196 g/mol. The van der Waals surface area contributed by atoms with Crippen molar-refractivity contribution >= 4 is 0 Å². The Kier molecular flexibility index (Phi) is 4.92. The summed E-state index contributed by atoms with van der Waals surface area (Å²) in [6.45, 7) is 3.35. The van der Waals surface area contributed by atoms with Gasteiger partial charge in [0.25, 0.3) is 0 Å². The smallest absolute Gasteiger partial charge is 0.0638 e. The van der Waals surface area contributed by atoms with Gasteiger partial charge in [-0.3, -0.25) is 4.90 Å². The van der Waals surface area contributed by atoms with Crippen molar-refractivity contribution in [3.63, 3.8) is 0 Å². The van der Waals surface area contributed by atoms with E-state index < -0.39 is 0 Å². The van der Waals surface area contributed by atoms with Gasteiger partial charge < -0.3 is 5.11 Å². The van der Waals surface area contributed by atoms with Gasteiger partial charge in [-0.1, -0.05) is 12.8 Å². The first-order valence-corrected chi connectivity index (χ1v) is 5.53. The molecule has 2 unspecified atom stereocenters. The van der Waals surface area contributed by atoms with E-state index in [4.69, 9.17) is 5.26 Å². The molecular formula is C11H20N2O. The molecule has 3 heteroatoms. The molecule has 0 aromatic heterocycles. The van der Waals surface area contributed by atoms with Crippen LogP contribution in [0.25, 0.3) is 0 Å². The van der Waals surface area contributed by atoms with Crippen molar-refractivity contribution in [2.24, 2.45) is 0 Å². The summed E-state index contributed by atoms with van der Waals surface area (Å²) < 4.78 is 0. The molecule has 80 valence electrons. The third kappa shape index (κ3) is 2.97. The van der Waals surface area contributed by atoms with Gasteiger partial charge in [-0.15, -0.1) is 0 Å². The van der Waals surface area contributed by atoms with Crippen molar-refractivity contribution in [2.45, 2.75) is 51.1 Å². The maximum absolute atomic E-state index is 9.28. The number of aliphatic hydroxyl groups excluding tert-OH is 1. The maximum Gasteiger partial charge on any atom is 0.0638 e. The average Bonchev–Trinajstić information content (AvgIpc) is 2.42. The second-order valence-corrected chi connectivity index (χ2v) is 4.13. The van der Waals surface area contributed by atoms with E-state index in [0.29, 0.717) is 6.42 Å². The quantitative estimate of drug-likeness (QED) is 0.744. The molecule has 0 aromatic carbocycles. The van der Waals surface area contributed by atoms with E-state index in [-0.39, 0.29) is 18.7 Å². The zero-order valence-corrected chi connectivity index (χ0v) is 8.95. The Morgan fingerprint density at radius 1 is 1.50 bits per heavy atom. The van der Waals surface area contributed by atoms with E-state index in [0.717, 1.165) is 13.0 Å². The van der Waals surface area contributed by atoms with E-state index in [1.54, 1.807) is 0 Å². The lowest BCUT2D eigenvalue weighted by Crippen LogP contribution is -2.43. The number of hydrogen-bond acceptors (Lipinski definition) is 3. The third-order valence-electron chi connectivity index (χ3n) is 3.09. The number of aliphatic hydroxyl groups is 1. The molecule has 1 fully saturated rings. The summed E-state index contributed by atoms with van der Waals surface area (Å²) in [5.41, 5.74) is 0. The van der Waals surface area contributed by atoms with Crippen LogP contribution < -0.4 is 0 Å². The lowest BCUT2D eigenvalue weighted by Gasteiger charge is -2.32. The van der Waals surface area contributed by atoms with Crippen LogP contribution in [-0.4, -0.2) is 35.2 Å². The summed E-state index contributed by atoms with van der Waals surface area (Å²) in [6.07, 6.45) is 5.31. The van der Waals surface area contributed by atoms with E-state index >= 15 is 0 Å². The SMILES string of the molecule is CC(CC#N)N1CCCCCC1CO. The minimum absolute atomic E-state index is 0.232. The average molecular weight is 196 g/mol. The van der Waals surface area contributed by atoms with Crippen molar-refractivity contribution in [1.82, 2.24) is 4.90 Å². The number of nitrogens with zero attached hydrogens (tertiary/aromatic N) is 2. The van der Waals surface area contributed by atoms with E-state index in [2.05, 4.69) is 17.9 Å². The molecule has 1 aliphatic rings. The lowest BCUT2D eigenvalue weighted by molar-refractivity contribution is 0.0927. The van der Waals surface area contributed by atoms with Gasteiger partial charge in [-0.25, -0.2) is 0 Å². The highest BCUT2D eigenvalue weighted by Gasteiger charge is 2.24. The highest BCUT2D eigenvalue weighted by Crippen LogP contribution is 2.19. The minimum Gasteiger partial charge on any atom is -0.395 e. The van der Waals surface area contributed by atoms with Gasteiger partial charge in [0.2, 0.25) is 0 Å². The van der Waals surface area contributed by atoms with Crippen LogP contribution >= 0.6 is 0 Å². The first kappa shape index (κ1) is 11.5. The van der Waals surface area contributed by atoms with Gasteiger partial charge in [-0.2, -0.15) is 5.26 Å². The Morgan fingerprint density at radius 3 is 2.93 bits per heavy atom. The number of likely N-dealkylation sites (tertiary alicyclic amines) is 1. The number of hydrogen-bond donors (Lipinski definition) is 1. The normalized spacial score (nSPS) is 26.5. The fourth-order valence-corrected chi connectivity index (χ4v) is 2.23. The number of rotatable bonds is 3. The summed E-state index contributed by atoms with van der Waals surface area (Å²) >= 11 is 0. The topological polar surface area (TPSA) is 47.3 Å². The first-order chi connectivity index (χ1) is 6.79. The molecule has 1 N–H and O–H groups in total. The van der Waals surface area contributed by atoms with Crippen LogP contribution in [0.3, 0.4) is 0 Å². The molecule has 1 heterocycles. The molecule has 0 spiro atoms. The molecule has 0 radical (unpaired) electrons. The predicted molar refractivity (Wildman–Crippen MR) is 55.7 cm³/mol. The van der Waals surface area contributed by atoms with Gasteiger partial charge >= 0.3 is 0 Å². The van der Waals surface area contributed by atoms with E-state index in [1.165, 1.54) is 19.3 Å². The van der Waals surface area contributed by atoms with Gasteiger partial charge in [0.15, 0.2) is 0 Å². The fraction of sp³-hybridized carbons (Fsp3) is 0.909. The Morgan fingerprint density at radius 2 is 2.29 bits per heavy atom. The molecule has 1 rings (SSSR count). The summed E-state index contributed by atoms with van der Waals surface area (Å²) in [5, 5.41) is 17.9. The van der Waals surface area contributed by atoms with Crippen molar-refractivity contribution < 1.29 is 5.11 Å². The highest BCUT2D eigenvalue weighted by molar-refractivity contribution is 4.84. The zero-order chi connectivity index (χ0) is 10.4. The van der Waals surface area contributed by atoms with Crippen molar-refractivity contribution in [3.05, 3.63) is 0 Å². The van der Waals surface area contributed by atoms with Gasteiger partial charge in [0, 0.05) is 12.1 Å². The molecule has 0 aromatic rings. The molecule has 3 nitrogen and oxygen atoms in total. The van der Waals surface area contributed by atoms with Gasteiger partial charge in [0.1, 0.15) is 0 Å². The van der Waals surface area contributed by atoms with Crippen LogP contribution in [0.15, 0.2) is 0 Å². The standard InChI is InChI=1S/C11H20N2O/c1-10(6-7-12)13-8-4-2-3-5-11(13)9-14/h10-11,14H,2-6,8-9H2,1H3. The molecule has 2 atom stereocenters. The molecule has 0 bridgehead atoms. The van der Waals surface area contributed by atoms with Crippen molar-refractivity contribution in [2.75, 3.05) is 13.2 Å². The zero-order valence-electron chi connectivity index (χ0n) is 8.95. The summed E-state index contributed by atoms with van der Waals surface area (Å²) in [4.78, 5) is 2.30. The second kappa shape index (κ2) is 6.00. The molecule has 14 heavy (non-hydrogen) atoms. The molecular weight excluding hydrogens is 176 g/mol. The Labute approximate surface area is 86.3 Å². The van der Waals surface area contributed by atoms with Crippen LogP contribution in [0.5, 0.6) is 0 Å². The maximum atomic E-state index is 9.28. The summed E-state index contributed by atoms with van der Waals surface area (Å²) in [6, 6.07) is 2.77. The number of nitriles is 1. The van der Waals surface area contributed by atoms with Crippen LogP contribution in [0.1, 0.15) is 39.0 Å². The fourth-order valence-electron chi connectivity index (χ4n) is 2.23. The predicted octanol–water partition coefficient (Wildman–Crippen LogP) is 1.53. The molecule has 0 aliphatic carbocycles. The van der Waals surface area contributed by atoms with Crippen LogP contribution in [-0.2, 0) is 0 Å². The highest BCUT2D eigenvalue weighted by atomic mass is 16.3. The lowest BCUT2D eigenvalue weighted by atomic mass is 10.1. The van der Waals surface area contributed by atoms with Crippen LogP contribution in [0.2, 0.25) is 0 Å². The first-order valence-electron chi connectivity index (χ1n) is 5.53. The van der Waals surface area contributed by atoms with E-state index in [1.807, 2.05) is 0 Å². The molecule has 1 saturated heterocycles. The van der Waals surface area contributed by atoms with Crippen molar-refractivity contribution in [3.8, 4) is 6.07 Å². The minimum atomic E-state index is 0.232. The van der Waals surface area contributed by atoms with Gasteiger partial charge in [-0.05, 0) is 26.3 Å². The second-order valence-electron chi connectivity index (χ2n) is 4.13. The van der Waals surface area contributed by atoms with Crippen molar-refractivity contribution in [1.29, 1.82) is 5.26 Å². The molecule has 0 saturated carbocycles. The van der Waals surface area contributed by atoms with Crippen LogP contribution in [0.4, 0.5) is 0 Å².